The number of aliphatic hydroxyl groups is 2. The third kappa shape index (κ3) is 8.88. The summed E-state index contributed by atoms with van der Waals surface area (Å²) in [5.41, 5.74) is -1.20. The van der Waals surface area contributed by atoms with Gasteiger partial charge in [0, 0.05) is 18.7 Å². The van der Waals surface area contributed by atoms with Gasteiger partial charge in [-0.25, -0.2) is 0 Å². The van der Waals surface area contributed by atoms with Crippen molar-refractivity contribution >= 4 is 11.7 Å². The summed E-state index contributed by atoms with van der Waals surface area (Å²) in [7, 11) is 0. The molecule has 0 aromatic carbocycles. The van der Waals surface area contributed by atoms with Crippen LogP contribution < -0.4 is 5.32 Å². The Morgan fingerprint density at radius 1 is 0.879 bits per heavy atom. The van der Waals surface area contributed by atoms with Crippen molar-refractivity contribution in [3.05, 3.63) is 109 Å². The second-order valence-corrected chi connectivity index (χ2v) is 7.85. The Morgan fingerprint density at radius 3 is 2.15 bits per heavy atom. The second kappa shape index (κ2) is 13.2. The average Bonchev–Trinajstić information content (AvgIpc) is 2.99. The third-order valence-corrected chi connectivity index (χ3v) is 4.88. The summed E-state index contributed by atoms with van der Waals surface area (Å²) in [5, 5.41) is 23.5. The summed E-state index contributed by atoms with van der Waals surface area (Å²) in [6.07, 6.45) is 26.0. The molecule has 0 aromatic rings. The van der Waals surface area contributed by atoms with Crippen molar-refractivity contribution in [3.8, 4) is 0 Å². The lowest BCUT2D eigenvalue weighted by Gasteiger charge is -2.22. The Hall–Kier alpha value is -3.48. The van der Waals surface area contributed by atoms with Crippen molar-refractivity contribution < 1.29 is 24.5 Å². The molecule has 2 heterocycles. The monoisotopic (exact) mass is 449 g/mol. The number of ether oxygens (including phenoxy) is 1. The number of carbonyl (C=O) groups is 2. The number of hydrogen-bond acceptors (Lipinski definition) is 5. The fourth-order valence-corrected chi connectivity index (χ4v) is 2.98. The SMILES string of the molecule is C[C@@H]1\C=C/C=C\C=C/C=C\C=C/C(=O)/C=C2\O[C@](C)(\C=C/C=C\C=C/C(=O)NC1)[C@@H](O)[C@@H]2O. The van der Waals surface area contributed by atoms with E-state index >= 15 is 0 Å². The van der Waals surface area contributed by atoms with Crippen LogP contribution in [0.25, 0.3) is 0 Å². The molecule has 2 bridgehead atoms. The van der Waals surface area contributed by atoms with E-state index in [4.69, 9.17) is 4.74 Å². The van der Waals surface area contributed by atoms with E-state index < -0.39 is 17.8 Å². The molecule has 4 atom stereocenters. The quantitative estimate of drug-likeness (QED) is 0.528. The molecule has 174 valence electrons. The first-order valence-corrected chi connectivity index (χ1v) is 10.8. The molecule has 33 heavy (non-hydrogen) atoms. The third-order valence-electron chi connectivity index (χ3n) is 4.88. The van der Waals surface area contributed by atoms with E-state index in [0.29, 0.717) is 6.54 Å². The molecule has 1 fully saturated rings. The predicted molar refractivity (Wildman–Crippen MR) is 130 cm³/mol. The topological polar surface area (TPSA) is 95.9 Å². The first kappa shape index (κ1) is 25.8. The molecule has 1 saturated heterocycles. The number of amides is 1. The van der Waals surface area contributed by atoms with Crippen molar-refractivity contribution in [2.75, 3.05) is 6.54 Å². The van der Waals surface area contributed by atoms with Crippen LogP contribution in [0.15, 0.2) is 109 Å². The van der Waals surface area contributed by atoms with Crippen molar-refractivity contribution in [1.29, 1.82) is 0 Å². The van der Waals surface area contributed by atoms with Crippen molar-refractivity contribution in [2.45, 2.75) is 31.7 Å². The molecule has 0 aliphatic carbocycles. The summed E-state index contributed by atoms with van der Waals surface area (Å²) in [4.78, 5) is 24.0. The lowest BCUT2D eigenvalue weighted by molar-refractivity contribution is -0.116. The molecule has 2 rings (SSSR count). The van der Waals surface area contributed by atoms with E-state index in [1.807, 2.05) is 43.4 Å². The number of nitrogens with one attached hydrogen (secondary N) is 1. The maximum atomic E-state index is 12.1. The highest BCUT2D eigenvalue weighted by molar-refractivity contribution is 5.99. The molecule has 2 aliphatic rings. The highest BCUT2D eigenvalue weighted by Crippen LogP contribution is 2.34. The summed E-state index contributed by atoms with van der Waals surface area (Å²) in [6, 6.07) is 0. The Labute approximate surface area is 195 Å². The van der Waals surface area contributed by atoms with Crippen LogP contribution in [-0.2, 0) is 14.3 Å². The first-order chi connectivity index (χ1) is 15.8. The fourth-order valence-electron chi connectivity index (χ4n) is 2.98. The zero-order valence-electron chi connectivity index (χ0n) is 18.9. The number of allylic oxidation sites excluding steroid dienone is 14. The number of hydrogen-bond donors (Lipinski definition) is 3. The summed E-state index contributed by atoms with van der Waals surface area (Å²) >= 11 is 0. The molecule has 0 spiro atoms. The minimum Gasteiger partial charge on any atom is -0.482 e. The van der Waals surface area contributed by atoms with Gasteiger partial charge in [-0.3, -0.25) is 9.59 Å². The minimum absolute atomic E-state index is 0.00617. The van der Waals surface area contributed by atoms with Gasteiger partial charge in [0.1, 0.15) is 18.0 Å². The van der Waals surface area contributed by atoms with Crippen molar-refractivity contribution in [2.24, 2.45) is 5.92 Å². The van der Waals surface area contributed by atoms with Crippen molar-refractivity contribution in [3.63, 3.8) is 0 Å². The molecule has 2 aliphatic heterocycles. The standard InChI is InChI=1S/C27H31NO5/c1-21-15-11-7-5-3-4-6-8-12-16-22(29)19-23-25(31)26(32)27(2,33-23)18-14-10-9-13-17-24(30)28-20-21/h3-19,21,25-26,31-32H,20H2,1-2H3,(H,28,30)/b4-3-,7-5-,8-6-,10-9-,15-11-,16-12-,17-13-,18-14-,23-19-/t21-,25-,26+,27-/m1/s1. The van der Waals surface area contributed by atoms with Gasteiger partial charge in [-0.1, -0.05) is 85.9 Å². The summed E-state index contributed by atoms with van der Waals surface area (Å²) < 4.78 is 5.68. The van der Waals surface area contributed by atoms with Crippen molar-refractivity contribution in [1.82, 2.24) is 5.32 Å². The van der Waals surface area contributed by atoms with E-state index in [1.54, 1.807) is 55.5 Å². The van der Waals surface area contributed by atoms with E-state index in [2.05, 4.69) is 5.32 Å². The van der Waals surface area contributed by atoms with Crippen LogP contribution in [0.2, 0.25) is 0 Å². The van der Waals surface area contributed by atoms with Crippen LogP contribution >= 0.6 is 0 Å². The molecule has 1 amide bonds. The van der Waals surface area contributed by atoms with E-state index in [9.17, 15) is 19.8 Å². The van der Waals surface area contributed by atoms with Gasteiger partial charge in [0.2, 0.25) is 5.91 Å². The number of aliphatic hydroxyl groups excluding tert-OH is 2. The molecule has 6 heteroatoms. The van der Waals surface area contributed by atoms with Gasteiger partial charge >= 0.3 is 0 Å². The first-order valence-electron chi connectivity index (χ1n) is 10.8. The summed E-state index contributed by atoms with van der Waals surface area (Å²) in [5.74, 6) is -0.381. The summed E-state index contributed by atoms with van der Waals surface area (Å²) in [6.45, 7) is 4.14. The normalized spacial score (nSPS) is 38.7. The Bertz CT molecular complexity index is 961. The highest BCUT2D eigenvalue weighted by Gasteiger charge is 2.47. The van der Waals surface area contributed by atoms with Crippen LogP contribution in [0.3, 0.4) is 0 Å². The number of ketones is 1. The molecule has 0 unspecified atom stereocenters. The molecular formula is C27H31NO5. The highest BCUT2D eigenvalue weighted by atomic mass is 16.5. The maximum absolute atomic E-state index is 12.1. The molecule has 6 nitrogen and oxygen atoms in total. The lowest BCUT2D eigenvalue weighted by atomic mass is 9.96. The molecule has 0 radical (unpaired) electrons. The van der Waals surface area contributed by atoms with E-state index in [0.717, 1.165) is 0 Å². The Morgan fingerprint density at radius 2 is 1.45 bits per heavy atom. The van der Waals surface area contributed by atoms with Crippen LogP contribution in [0, 0.1) is 5.92 Å². The van der Waals surface area contributed by atoms with Gasteiger partial charge < -0.3 is 20.3 Å². The van der Waals surface area contributed by atoms with Gasteiger partial charge in [-0.05, 0) is 25.0 Å². The van der Waals surface area contributed by atoms with Gasteiger partial charge in [0.15, 0.2) is 11.4 Å². The van der Waals surface area contributed by atoms with Crippen LogP contribution in [0.1, 0.15) is 13.8 Å². The van der Waals surface area contributed by atoms with Crippen LogP contribution in [-0.4, -0.2) is 46.3 Å². The van der Waals surface area contributed by atoms with Gasteiger partial charge in [0.05, 0.1) is 0 Å². The zero-order chi connectivity index (χ0) is 24.1. The maximum Gasteiger partial charge on any atom is 0.243 e. The van der Waals surface area contributed by atoms with Gasteiger partial charge in [-0.15, -0.1) is 0 Å². The van der Waals surface area contributed by atoms with Gasteiger partial charge in [0.25, 0.3) is 0 Å². The number of fused-ring (bicyclic) bond motifs is 2. The molecule has 0 saturated carbocycles. The molecule has 0 aromatic heterocycles. The Kier molecular flexibility index (Phi) is 10.3. The van der Waals surface area contributed by atoms with E-state index in [1.165, 1.54) is 18.2 Å². The Balaban J connectivity index is 2.19. The average molecular weight is 450 g/mol. The second-order valence-electron chi connectivity index (χ2n) is 7.85. The lowest BCUT2D eigenvalue weighted by Crippen LogP contribution is -2.38. The zero-order valence-corrected chi connectivity index (χ0v) is 18.9. The number of rotatable bonds is 0. The van der Waals surface area contributed by atoms with E-state index in [-0.39, 0.29) is 23.4 Å². The smallest absolute Gasteiger partial charge is 0.243 e. The van der Waals surface area contributed by atoms with Crippen LogP contribution in [0.5, 0.6) is 0 Å². The minimum atomic E-state index is -1.31. The fraction of sp³-hybridized carbons (Fsp3) is 0.259. The predicted octanol–water partition coefficient (Wildman–Crippen LogP) is 3.17. The number of carbonyl (C=O) groups excluding carboxylic acids is 2. The largest absolute Gasteiger partial charge is 0.482 e. The van der Waals surface area contributed by atoms with Crippen LogP contribution in [0.4, 0.5) is 0 Å². The molecular weight excluding hydrogens is 418 g/mol. The van der Waals surface area contributed by atoms with Gasteiger partial charge in [-0.2, -0.15) is 0 Å². The molecule has 3 N–H and O–H groups in total.